The predicted octanol–water partition coefficient (Wildman–Crippen LogP) is 3.15. The number of aromatic nitrogens is 2. The maximum absolute atomic E-state index is 13.9. The first kappa shape index (κ1) is 14.1. The molecular formula is C15H16FN3OS. The summed E-state index contributed by atoms with van der Waals surface area (Å²) in [6.07, 6.45) is 1.96. The first-order valence-corrected chi connectivity index (χ1v) is 7.94. The molecule has 1 amide bonds. The summed E-state index contributed by atoms with van der Waals surface area (Å²) in [5, 5.41) is 7.13. The number of hydrogen-bond donors (Lipinski definition) is 1. The van der Waals surface area contributed by atoms with Crippen LogP contribution >= 0.6 is 11.8 Å². The normalized spacial score (nSPS) is 17.9. The fourth-order valence-corrected chi connectivity index (χ4v) is 3.55. The van der Waals surface area contributed by atoms with Gasteiger partial charge in [-0.05, 0) is 37.7 Å². The van der Waals surface area contributed by atoms with E-state index in [0.29, 0.717) is 11.5 Å². The molecule has 0 unspecified atom stereocenters. The number of anilines is 1. The number of rotatable bonds is 3. The Bertz CT molecular complexity index is 665. The summed E-state index contributed by atoms with van der Waals surface area (Å²) in [7, 11) is 0. The zero-order chi connectivity index (χ0) is 14.8. The van der Waals surface area contributed by atoms with Gasteiger partial charge in [-0.1, -0.05) is 12.1 Å². The number of halogens is 1. The molecule has 4 nitrogen and oxygen atoms in total. The van der Waals surface area contributed by atoms with Crippen molar-refractivity contribution >= 4 is 23.5 Å². The van der Waals surface area contributed by atoms with Gasteiger partial charge in [-0.2, -0.15) is 5.10 Å². The highest BCUT2D eigenvalue weighted by Crippen LogP contribution is 2.28. The van der Waals surface area contributed by atoms with E-state index in [-0.39, 0.29) is 17.0 Å². The van der Waals surface area contributed by atoms with Gasteiger partial charge >= 0.3 is 0 Å². The molecule has 1 saturated heterocycles. The number of carbonyl (C=O) groups excluding carboxylic acids is 1. The Labute approximate surface area is 126 Å². The fourth-order valence-electron chi connectivity index (χ4n) is 2.39. The average molecular weight is 305 g/mol. The molecule has 0 spiro atoms. The molecule has 1 aliphatic heterocycles. The van der Waals surface area contributed by atoms with Crippen molar-refractivity contribution < 1.29 is 9.18 Å². The van der Waals surface area contributed by atoms with Crippen LogP contribution in [-0.2, 0) is 4.79 Å². The molecule has 1 fully saturated rings. The van der Waals surface area contributed by atoms with E-state index in [0.717, 1.165) is 24.3 Å². The number of amides is 1. The molecule has 1 aliphatic rings. The number of carbonyl (C=O) groups is 1. The molecule has 6 heteroatoms. The number of hydrogen-bond acceptors (Lipinski definition) is 3. The molecule has 110 valence electrons. The molecule has 2 aromatic rings. The third-order valence-corrected chi connectivity index (χ3v) is 4.76. The Hall–Kier alpha value is -1.82. The van der Waals surface area contributed by atoms with Crippen LogP contribution in [-0.4, -0.2) is 26.7 Å². The van der Waals surface area contributed by atoms with Crippen molar-refractivity contribution in [2.75, 3.05) is 11.1 Å². The molecule has 1 aromatic carbocycles. The summed E-state index contributed by atoms with van der Waals surface area (Å²) < 4.78 is 15.4. The van der Waals surface area contributed by atoms with Crippen molar-refractivity contribution in [3.05, 3.63) is 41.8 Å². The van der Waals surface area contributed by atoms with E-state index < -0.39 is 0 Å². The standard InChI is InChI=1S/C15H16FN3OS/c1-10-9-14(17-15(20)13-7-4-8-21-13)19(18-10)12-6-3-2-5-11(12)16/h2-3,5-6,9,13H,4,7-8H2,1H3,(H,17,20)/t13-/m1/s1. The zero-order valence-corrected chi connectivity index (χ0v) is 12.5. The van der Waals surface area contributed by atoms with Crippen LogP contribution in [0.2, 0.25) is 0 Å². The first-order chi connectivity index (χ1) is 10.1. The molecule has 1 aromatic heterocycles. The highest BCUT2D eigenvalue weighted by molar-refractivity contribution is 8.00. The van der Waals surface area contributed by atoms with Gasteiger partial charge in [-0.15, -0.1) is 11.8 Å². The van der Waals surface area contributed by atoms with Crippen LogP contribution in [0.1, 0.15) is 18.5 Å². The molecule has 0 saturated carbocycles. The first-order valence-electron chi connectivity index (χ1n) is 6.89. The zero-order valence-electron chi connectivity index (χ0n) is 11.7. The predicted molar refractivity (Wildman–Crippen MR) is 82.4 cm³/mol. The summed E-state index contributed by atoms with van der Waals surface area (Å²) in [6.45, 7) is 1.82. The monoisotopic (exact) mass is 305 g/mol. The summed E-state index contributed by atoms with van der Waals surface area (Å²) in [5.41, 5.74) is 1.06. The molecule has 21 heavy (non-hydrogen) atoms. The van der Waals surface area contributed by atoms with Crippen molar-refractivity contribution in [2.45, 2.75) is 25.0 Å². The number of para-hydroxylation sites is 1. The molecule has 1 atom stereocenters. The summed E-state index contributed by atoms with van der Waals surface area (Å²) in [4.78, 5) is 12.2. The minimum absolute atomic E-state index is 0.0192. The van der Waals surface area contributed by atoms with Crippen LogP contribution < -0.4 is 5.32 Å². The Morgan fingerprint density at radius 2 is 2.29 bits per heavy atom. The third-order valence-electron chi connectivity index (χ3n) is 3.39. The smallest absolute Gasteiger partial charge is 0.238 e. The quantitative estimate of drug-likeness (QED) is 0.947. The molecule has 1 N–H and O–H groups in total. The van der Waals surface area contributed by atoms with Crippen LogP contribution in [0.5, 0.6) is 0 Å². The largest absolute Gasteiger partial charge is 0.310 e. The Kier molecular flexibility index (Phi) is 3.96. The van der Waals surface area contributed by atoms with Gasteiger partial charge in [0.2, 0.25) is 5.91 Å². The lowest BCUT2D eigenvalue weighted by Crippen LogP contribution is -2.24. The summed E-state index contributed by atoms with van der Waals surface area (Å²) in [6, 6.07) is 8.15. The number of benzene rings is 1. The van der Waals surface area contributed by atoms with Gasteiger partial charge in [0.25, 0.3) is 0 Å². The van der Waals surface area contributed by atoms with E-state index in [2.05, 4.69) is 10.4 Å². The van der Waals surface area contributed by atoms with Gasteiger partial charge in [0.15, 0.2) is 0 Å². The van der Waals surface area contributed by atoms with Crippen molar-refractivity contribution in [2.24, 2.45) is 0 Å². The van der Waals surface area contributed by atoms with Crippen LogP contribution in [0.3, 0.4) is 0 Å². The van der Waals surface area contributed by atoms with Crippen LogP contribution in [0.25, 0.3) is 5.69 Å². The van der Waals surface area contributed by atoms with Gasteiger partial charge in [-0.25, -0.2) is 9.07 Å². The minimum atomic E-state index is -0.369. The van der Waals surface area contributed by atoms with Gasteiger partial charge in [-0.3, -0.25) is 4.79 Å². The van der Waals surface area contributed by atoms with Crippen molar-refractivity contribution in [3.63, 3.8) is 0 Å². The van der Waals surface area contributed by atoms with E-state index >= 15 is 0 Å². The number of nitrogens with one attached hydrogen (secondary N) is 1. The van der Waals surface area contributed by atoms with Gasteiger partial charge in [0, 0.05) is 6.07 Å². The molecule has 0 bridgehead atoms. The summed E-state index contributed by atoms with van der Waals surface area (Å²) in [5.74, 6) is 1.13. The van der Waals surface area contributed by atoms with E-state index in [1.54, 1.807) is 36.0 Å². The number of aryl methyl sites for hydroxylation is 1. The molecule has 0 radical (unpaired) electrons. The Balaban J connectivity index is 1.89. The molecule has 2 heterocycles. The average Bonchev–Trinajstić information content (AvgIpc) is 3.09. The van der Waals surface area contributed by atoms with Gasteiger partial charge in [0.1, 0.15) is 17.3 Å². The van der Waals surface area contributed by atoms with E-state index in [1.807, 2.05) is 6.92 Å². The Morgan fingerprint density at radius 3 is 3.00 bits per heavy atom. The highest BCUT2D eigenvalue weighted by Gasteiger charge is 2.24. The number of thioether (sulfide) groups is 1. The van der Waals surface area contributed by atoms with Crippen LogP contribution in [0.15, 0.2) is 30.3 Å². The lowest BCUT2D eigenvalue weighted by atomic mass is 10.2. The topological polar surface area (TPSA) is 46.9 Å². The van der Waals surface area contributed by atoms with Crippen molar-refractivity contribution in [3.8, 4) is 5.69 Å². The van der Waals surface area contributed by atoms with Crippen LogP contribution in [0, 0.1) is 12.7 Å². The van der Waals surface area contributed by atoms with Crippen molar-refractivity contribution in [1.29, 1.82) is 0 Å². The lowest BCUT2D eigenvalue weighted by molar-refractivity contribution is -0.115. The molecular weight excluding hydrogens is 289 g/mol. The molecule has 0 aliphatic carbocycles. The Morgan fingerprint density at radius 1 is 1.48 bits per heavy atom. The van der Waals surface area contributed by atoms with Crippen molar-refractivity contribution in [1.82, 2.24) is 9.78 Å². The lowest BCUT2D eigenvalue weighted by Gasteiger charge is -2.12. The second kappa shape index (κ2) is 5.89. The second-order valence-corrected chi connectivity index (χ2v) is 6.34. The maximum atomic E-state index is 13.9. The highest BCUT2D eigenvalue weighted by atomic mass is 32.2. The van der Waals surface area contributed by atoms with E-state index in [4.69, 9.17) is 0 Å². The number of nitrogens with zero attached hydrogens (tertiary/aromatic N) is 2. The summed E-state index contributed by atoms with van der Waals surface area (Å²) >= 11 is 1.67. The van der Waals surface area contributed by atoms with Crippen LogP contribution in [0.4, 0.5) is 10.2 Å². The van der Waals surface area contributed by atoms with Gasteiger partial charge < -0.3 is 5.32 Å². The molecule has 3 rings (SSSR count). The fraction of sp³-hybridized carbons (Fsp3) is 0.333. The van der Waals surface area contributed by atoms with Gasteiger partial charge in [0.05, 0.1) is 10.9 Å². The SMILES string of the molecule is Cc1cc(NC(=O)[C@H]2CCCS2)n(-c2ccccc2F)n1. The van der Waals surface area contributed by atoms with E-state index in [1.165, 1.54) is 10.7 Å². The maximum Gasteiger partial charge on any atom is 0.238 e. The third kappa shape index (κ3) is 2.95. The second-order valence-electron chi connectivity index (χ2n) is 5.03. The minimum Gasteiger partial charge on any atom is -0.310 e. The van der Waals surface area contributed by atoms with E-state index in [9.17, 15) is 9.18 Å².